The largest absolute Gasteiger partial charge is 0.465 e. The summed E-state index contributed by atoms with van der Waals surface area (Å²) in [6.07, 6.45) is 2.08. The Morgan fingerprint density at radius 2 is 1.78 bits per heavy atom. The standard InChI is InChI=1S/C23H29BN2O11/c1-20(2)8-16-13-6-18(37-22(24,31)21(29,30)23(32,33)34)11(10-35-3)5-12(13)15-7-17(27)14(19(28)36-4)9-25(15)26(16)20/h5-7,9,16,29-34H,8,10,24H2,1-4H3. The van der Waals surface area contributed by atoms with Crippen LogP contribution >= 0.6 is 0 Å². The number of fused-ring (bicyclic) bond motifs is 6. The highest BCUT2D eigenvalue weighted by Crippen LogP contribution is 2.52. The molecule has 0 amide bonds. The summed E-state index contributed by atoms with van der Waals surface area (Å²) in [5.41, 5.74) is -2.16. The van der Waals surface area contributed by atoms with E-state index in [2.05, 4.69) is 0 Å². The SMILES string of the molecule is BC(O)(Oc1cc2c(cc1COC)-c1cc(=O)c(C(=O)OC)cn1N1C2CC1(C)C)C(O)(O)C(O)(O)O. The molecule has 0 spiro atoms. The van der Waals surface area contributed by atoms with Crippen molar-refractivity contribution >= 4 is 13.8 Å². The number of carbonyl (C=O) groups excluding carboxylic acids is 1. The predicted molar refractivity (Wildman–Crippen MR) is 129 cm³/mol. The maximum Gasteiger partial charge on any atom is 0.343 e. The zero-order valence-electron chi connectivity index (χ0n) is 20.9. The van der Waals surface area contributed by atoms with E-state index >= 15 is 0 Å². The van der Waals surface area contributed by atoms with E-state index < -0.39 is 28.8 Å². The third kappa shape index (κ3) is 4.10. The minimum Gasteiger partial charge on any atom is -0.465 e. The van der Waals surface area contributed by atoms with Crippen molar-refractivity contribution < 1.29 is 49.6 Å². The maximum atomic E-state index is 12.8. The van der Waals surface area contributed by atoms with Crippen molar-refractivity contribution in [3.63, 3.8) is 0 Å². The van der Waals surface area contributed by atoms with Gasteiger partial charge in [0.15, 0.2) is 5.43 Å². The van der Waals surface area contributed by atoms with Gasteiger partial charge in [0, 0.05) is 30.5 Å². The third-order valence-corrected chi connectivity index (χ3v) is 6.87. The van der Waals surface area contributed by atoms with Crippen molar-refractivity contribution in [3.05, 3.63) is 51.3 Å². The van der Waals surface area contributed by atoms with Crippen LogP contribution in [-0.2, 0) is 16.1 Å². The van der Waals surface area contributed by atoms with Gasteiger partial charge < -0.3 is 44.8 Å². The van der Waals surface area contributed by atoms with E-state index in [0.29, 0.717) is 28.8 Å². The lowest BCUT2D eigenvalue weighted by molar-refractivity contribution is -0.488. The first-order chi connectivity index (χ1) is 17.0. The number of hydrogen-bond donors (Lipinski definition) is 6. The first-order valence-corrected chi connectivity index (χ1v) is 11.3. The molecule has 6 N–H and O–H groups in total. The molecule has 2 atom stereocenters. The molecule has 1 aromatic carbocycles. The van der Waals surface area contributed by atoms with Crippen LogP contribution in [0.15, 0.2) is 29.2 Å². The second-order valence-corrected chi connectivity index (χ2v) is 10.0. The van der Waals surface area contributed by atoms with Gasteiger partial charge in [0.1, 0.15) is 11.3 Å². The number of aliphatic hydroxyl groups is 6. The average Bonchev–Trinajstić information content (AvgIpc) is 2.77. The molecule has 2 aliphatic heterocycles. The second-order valence-electron chi connectivity index (χ2n) is 10.0. The van der Waals surface area contributed by atoms with Crippen LogP contribution in [0.4, 0.5) is 0 Å². The van der Waals surface area contributed by atoms with E-state index in [1.54, 1.807) is 10.7 Å². The highest BCUT2D eigenvalue weighted by molar-refractivity contribution is 6.14. The molecule has 0 radical (unpaired) electrons. The lowest BCUT2D eigenvalue weighted by atomic mass is 9.76. The lowest BCUT2D eigenvalue weighted by Gasteiger charge is -2.60. The quantitative estimate of drug-likeness (QED) is 0.129. The summed E-state index contributed by atoms with van der Waals surface area (Å²) in [7, 11) is 3.30. The van der Waals surface area contributed by atoms with Crippen molar-refractivity contribution in [3.8, 4) is 17.0 Å². The highest BCUT2D eigenvalue weighted by atomic mass is 16.8. The van der Waals surface area contributed by atoms with Crippen LogP contribution in [0.2, 0.25) is 0 Å². The summed E-state index contributed by atoms with van der Waals surface area (Å²) < 4.78 is 17.1. The number of ether oxygens (including phenoxy) is 3. The Morgan fingerprint density at radius 1 is 1.14 bits per heavy atom. The van der Waals surface area contributed by atoms with Gasteiger partial charge in [-0.1, -0.05) is 0 Å². The topological polar surface area (TPSA) is 191 Å². The minimum absolute atomic E-state index is 0.0879. The molecule has 0 bridgehead atoms. The normalized spacial score (nSPS) is 19.6. The number of nitrogens with zero attached hydrogens (tertiary/aromatic N) is 2. The van der Waals surface area contributed by atoms with Crippen LogP contribution < -0.4 is 15.2 Å². The first kappa shape index (κ1) is 27.1. The molecule has 3 heterocycles. The van der Waals surface area contributed by atoms with Crippen LogP contribution in [0, 0.1) is 0 Å². The number of hydrogen-bond acceptors (Lipinski definition) is 12. The van der Waals surface area contributed by atoms with Crippen LogP contribution in [-0.4, -0.2) is 86.3 Å². The van der Waals surface area contributed by atoms with Crippen molar-refractivity contribution in [2.24, 2.45) is 0 Å². The molecule has 4 rings (SSSR count). The van der Waals surface area contributed by atoms with Crippen molar-refractivity contribution in [2.45, 2.75) is 55.9 Å². The van der Waals surface area contributed by atoms with Crippen molar-refractivity contribution in [1.82, 2.24) is 4.68 Å². The van der Waals surface area contributed by atoms with Crippen LogP contribution in [0.5, 0.6) is 5.75 Å². The fourth-order valence-electron chi connectivity index (χ4n) is 4.91. The molecule has 2 unspecified atom stereocenters. The van der Waals surface area contributed by atoms with Crippen molar-refractivity contribution in [1.29, 1.82) is 0 Å². The van der Waals surface area contributed by atoms with E-state index in [9.17, 15) is 40.2 Å². The van der Waals surface area contributed by atoms with Gasteiger partial charge in [0.25, 0.3) is 0 Å². The van der Waals surface area contributed by atoms with E-state index in [0.717, 1.165) is 7.85 Å². The number of aromatic nitrogens is 1. The van der Waals surface area contributed by atoms with E-state index in [4.69, 9.17) is 14.2 Å². The Labute approximate surface area is 212 Å². The molecule has 1 saturated heterocycles. The molecule has 1 aromatic heterocycles. The summed E-state index contributed by atoms with van der Waals surface area (Å²) in [5, 5.41) is 60.7. The summed E-state index contributed by atoms with van der Waals surface area (Å²) >= 11 is 0. The van der Waals surface area contributed by atoms with Gasteiger partial charge in [-0.3, -0.25) is 14.5 Å². The number of pyridine rings is 1. The summed E-state index contributed by atoms with van der Waals surface area (Å²) in [6.45, 7) is 3.87. The van der Waals surface area contributed by atoms with Gasteiger partial charge in [-0.25, -0.2) is 4.79 Å². The Balaban J connectivity index is 1.91. The molecular formula is C23H29BN2O11. The zero-order chi connectivity index (χ0) is 27.7. The monoisotopic (exact) mass is 520 g/mol. The molecule has 14 heteroatoms. The zero-order valence-corrected chi connectivity index (χ0v) is 20.9. The number of rotatable bonds is 7. The highest BCUT2D eigenvalue weighted by Gasteiger charge is 2.61. The number of esters is 1. The van der Waals surface area contributed by atoms with Gasteiger partial charge in [0.2, 0.25) is 13.5 Å². The van der Waals surface area contributed by atoms with Gasteiger partial charge in [-0.2, -0.15) is 0 Å². The molecule has 13 nitrogen and oxygen atoms in total. The van der Waals surface area contributed by atoms with Crippen molar-refractivity contribution in [2.75, 3.05) is 19.2 Å². The first-order valence-electron chi connectivity index (χ1n) is 11.3. The fourth-order valence-corrected chi connectivity index (χ4v) is 4.91. The summed E-state index contributed by atoms with van der Waals surface area (Å²) in [4.78, 5) is 25.0. The molecule has 2 aliphatic rings. The number of methoxy groups -OCH3 is 2. The number of benzene rings is 1. The Hall–Kier alpha value is -2.98. The Morgan fingerprint density at radius 3 is 2.32 bits per heavy atom. The summed E-state index contributed by atoms with van der Waals surface area (Å²) in [5.74, 6) is -8.92. The molecule has 200 valence electrons. The second kappa shape index (κ2) is 8.53. The van der Waals surface area contributed by atoms with Gasteiger partial charge in [-0.05, 0) is 38.0 Å². The van der Waals surface area contributed by atoms with Gasteiger partial charge >= 0.3 is 17.7 Å². The Kier molecular flexibility index (Phi) is 6.24. The van der Waals surface area contributed by atoms with E-state index in [1.807, 2.05) is 18.9 Å². The third-order valence-electron chi connectivity index (χ3n) is 6.87. The minimum atomic E-state index is -4.13. The van der Waals surface area contributed by atoms with Gasteiger partial charge in [0.05, 0.1) is 31.0 Å². The lowest BCUT2D eigenvalue weighted by Crippen LogP contribution is -2.71. The molecule has 1 fully saturated rings. The molecule has 0 aliphatic carbocycles. The van der Waals surface area contributed by atoms with Gasteiger partial charge in [-0.15, -0.1) is 0 Å². The van der Waals surface area contributed by atoms with Crippen LogP contribution in [0.1, 0.15) is 47.8 Å². The smallest absolute Gasteiger partial charge is 0.343 e. The Bertz CT molecular complexity index is 1310. The van der Waals surface area contributed by atoms with Crippen LogP contribution in [0.3, 0.4) is 0 Å². The van der Waals surface area contributed by atoms with E-state index in [-0.39, 0.29) is 29.5 Å². The van der Waals surface area contributed by atoms with Crippen LogP contribution in [0.25, 0.3) is 11.3 Å². The predicted octanol–water partition coefficient (Wildman–Crippen LogP) is -2.41. The molecule has 0 saturated carbocycles. The fraction of sp³-hybridized carbons (Fsp3) is 0.478. The molecule has 37 heavy (non-hydrogen) atoms. The summed E-state index contributed by atoms with van der Waals surface area (Å²) in [6, 6.07) is 4.18. The maximum absolute atomic E-state index is 12.8. The van der Waals surface area contributed by atoms with E-state index in [1.165, 1.54) is 32.5 Å². The molecular weight excluding hydrogens is 491 g/mol. The molecule has 2 aromatic rings. The number of carbonyl (C=O) groups is 1. The average molecular weight is 520 g/mol.